The van der Waals surface area contributed by atoms with E-state index in [0.29, 0.717) is 24.1 Å². The van der Waals surface area contributed by atoms with Crippen molar-refractivity contribution < 1.29 is 4.79 Å². The summed E-state index contributed by atoms with van der Waals surface area (Å²) in [6.45, 7) is 2.56. The number of carbonyl (C=O) groups is 1. The van der Waals surface area contributed by atoms with Gasteiger partial charge in [0.15, 0.2) is 0 Å². The number of nitrogens with one attached hydrogen (secondary N) is 1. The molecule has 4 heteroatoms. The minimum atomic E-state index is 0.0239. The van der Waals surface area contributed by atoms with Gasteiger partial charge in [0.05, 0.1) is 17.0 Å². The van der Waals surface area contributed by atoms with Crippen LogP contribution in [-0.4, -0.2) is 18.5 Å². The van der Waals surface area contributed by atoms with Gasteiger partial charge in [0.2, 0.25) is 0 Å². The van der Waals surface area contributed by atoms with E-state index in [2.05, 4.69) is 24.1 Å². The first-order valence-electron chi connectivity index (χ1n) is 6.79. The first-order chi connectivity index (χ1) is 9.20. The Bertz CT molecular complexity index is 498. The molecule has 1 amide bonds. The molecule has 0 saturated heterocycles. The summed E-state index contributed by atoms with van der Waals surface area (Å²) >= 11 is 1.49. The van der Waals surface area contributed by atoms with E-state index in [-0.39, 0.29) is 5.91 Å². The maximum atomic E-state index is 12.2. The maximum Gasteiger partial charge on any atom is 0.252 e. The van der Waals surface area contributed by atoms with E-state index < -0.39 is 0 Å². The zero-order chi connectivity index (χ0) is 13.7. The lowest BCUT2D eigenvalue weighted by Gasteiger charge is -2.29. The second kappa shape index (κ2) is 6.74. The molecule has 0 spiro atoms. The van der Waals surface area contributed by atoms with E-state index in [1.165, 1.54) is 30.6 Å². The molecule has 0 aromatic carbocycles. The van der Waals surface area contributed by atoms with Crippen molar-refractivity contribution in [3.63, 3.8) is 0 Å². The van der Waals surface area contributed by atoms with Gasteiger partial charge in [0.25, 0.3) is 5.91 Å². The van der Waals surface area contributed by atoms with Crippen molar-refractivity contribution in [2.75, 3.05) is 6.54 Å². The Morgan fingerprint density at radius 2 is 2.32 bits per heavy atom. The fourth-order valence-electron chi connectivity index (χ4n) is 2.44. The maximum absolute atomic E-state index is 12.2. The molecule has 2 unspecified atom stereocenters. The van der Waals surface area contributed by atoms with Gasteiger partial charge in [-0.3, -0.25) is 4.79 Å². The molecule has 19 heavy (non-hydrogen) atoms. The van der Waals surface area contributed by atoms with Crippen LogP contribution in [0.5, 0.6) is 0 Å². The van der Waals surface area contributed by atoms with E-state index in [4.69, 9.17) is 5.73 Å². The van der Waals surface area contributed by atoms with E-state index in [1.54, 1.807) is 0 Å². The summed E-state index contributed by atoms with van der Waals surface area (Å²) in [7, 11) is 0. The first-order valence-corrected chi connectivity index (χ1v) is 7.67. The molecule has 1 aliphatic rings. The lowest BCUT2D eigenvalue weighted by Crippen LogP contribution is -2.40. The molecular formula is C15H20N2OS. The van der Waals surface area contributed by atoms with Crippen LogP contribution in [0.2, 0.25) is 0 Å². The number of amides is 1. The van der Waals surface area contributed by atoms with E-state index >= 15 is 0 Å². The summed E-state index contributed by atoms with van der Waals surface area (Å²) in [6.07, 6.45) is 4.80. The topological polar surface area (TPSA) is 55.1 Å². The summed E-state index contributed by atoms with van der Waals surface area (Å²) in [4.78, 5) is 13.1. The van der Waals surface area contributed by atoms with E-state index in [9.17, 15) is 4.79 Å². The van der Waals surface area contributed by atoms with E-state index in [0.717, 1.165) is 11.3 Å². The molecule has 3 nitrogen and oxygen atoms in total. The van der Waals surface area contributed by atoms with Crippen LogP contribution >= 0.6 is 11.3 Å². The van der Waals surface area contributed by atoms with Crippen molar-refractivity contribution in [1.29, 1.82) is 0 Å². The van der Waals surface area contributed by atoms with Gasteiger partial charge in [0, 0.05) is 11.4 Å². The second-order valence-corrected chi connectivity index (χ2v) is 5.96. The smallest absolute Gasteiger partial charge is 0.252 e. The van der Waals surface area contributed by atoms with Gasteiger partial charge in [-0.2, -0.15) is 0 Å². The monoisotopic (exact) mass is 276 g/mol. The Hall–Kier alpha value is -1.31. The molecule has 1 fully saturated rings. The highest BCUT2D eigenvalue weighted by atomic mass is 32.1. The van der Waals surface area contributed by atoms with Crippen LogP contribution in [0.25, 0.3) is 0 Å². The summed E-state index contributed by atoms with van der Waals surface area (Å²) in [5, 5.41) is 5.01. The summed E-state index contributed by atoms with van der Waals surface area (Å²) in [5.74, 6) is 6.36. The number of nitrogens with two attached hydrogens (primary N) is 1. The van der Waals surface area contributed by atoms with E-state index in [1.807, 2.05) is 11.4 Å². The van der Waals surface area contributed by atoms with Gasteiger partial charge >= 0.3 is 0 Å². The molecule has 0 aliphatic heterocycles. The standard InChI is InChI=1S/C15H20N2OS/c1-11-5-2-3-7-14(11)17-15(18)12-9-13(19-10-12)6-4-8-16/h9-11,14H,2-3,5,7-8,16H2,1H3,(H,17,18). The SMILES string of the molecule is CC1CCCCC1NC(=O)c1csc(C#CCN)c1. The fourth-order valence-corrected chi connectivity index (χ4v) is 3.20. The lowest BCUT2D eigenvalue weighted by atomic mass is 9.86. The summed E-state index contributed by atoms with van der Waals surface area (Å²) in [5.41, 5.74) is 6.05. The van der Waals surface area contributed by atoms with Gasteiger partial charge in [-0.25, -0.2) is 0 Å². The predicted molar refractivity (Wildman–Crippen MR) is 79.1 cm³/mol. The van der Waals surface area contributed by atoms with Crippen LogP contribution in [0.4, 0.5) is 0 Å². The molecule has 1 saturated carbocycles. The largest absolute Gasteiger partial charge is 0.349 e. The van der Waals surface area contributed by atoms with Gasteiger partial charge in [-0.1, -0.05) is 31.6 Å². The minimum absolute atomic E-state index is 0.0239. The van der Waals surface area contributed by atoms with Crippen molar-refractivity contribution in [3.05, 3.63) is 21.9 Å². The molecule has 3 N–H and O–H groups in total. The number of thiophene rings is 1. The Kier molecular flexibility index (Phi) is 5.00. The number of carbonyl (C=O) groups excluding carboxylic acids is 1. The van der Waals surface area contributed by atoms with Crippen molar-refractivity contribution in [2.24, 2.45) is 11.7 Å². The average Bonchev–Trinajstić information content (AvgIpc) is 2.88. The molecule has 0 bridgehead atoms. The fraction of sp³-hybridized carbons (Fsp3) is 0.533. The number of hydrogen-bond donors (Lipinski definition) is 2. The summed E-state index contributed by atoms with van der Waals surface area (Å²) < 4.78 is 0. The molecule has 1 aromatic heterocycles. The predicted octanol–water partition coefficient (Wildman–Crippen LogP) is 2.37. The van der Waals surface area contributed by atoms with Crippen LogP contribution in [-0.2, 0) is 0 Å². The molecule has 102 valence electrons. The Morgan fingerprint density at radius 1 is 1.53 bits per heavy atom. The number of hydrogen-bond acceptors (Lipinski definition) is 3. The van der Waals surface area contributed by atoms with Crippen molar-refractivity contribution in [2.45, 2.75) is 38.6 Å². The third kappa shape index (κ3) is 3.82. The van der Waals surface area contributed by atoms with Gasteiger partial charge in [0.1, 0.15) is 0 Å². The van der Waals surface area contributed by atoms with Crippen LogP contribution in [0.15, 0.2) is 11.4 Å². The van der Waals surface area contributed by atoms with Crippen molar-refractivity contribution in [1.82, 2.24) is 5.32 Å². The number of rotatable bonds is 2. The molecule has 1 heterocycles. The normalized spacial score (nSPS) is 22.4. The third-order valence-electron chi connectivity index (χ3n) is 3.60. The van der Waals surface area contributed by atoms with Crippen LogP contribution in [0.1, 0.15) is 47.8 Å². The highest BCUT2D eigenvalue weighted by Crippen LogP contribution is 2.24. The quantitative estimate of drug-likeness (QED) is 0.815. The Labute approximate surface area is 118 Å². The third-order valence-corrected chi connectivity index (χ3v) is 4.45. The molecule has 0 radical (unpaired) electrons. The zero-order valence-corrected chi connectivity index (χ0v) is 12.1. The Balaban J connectivity index is 1.97. The molecule has 2 atom stereocenters. The first kappa shape index (κ1) is 14.1. The van der Waals surface area contributed by atoms with Crippen LogP contribution < -0.4 is 11.1 Å². The molecule has 1 aromatic rings. The van der Waals surface area contributed by atoms with Crippen LogP contribution in [0.3, 0.4) is 0 Å². The summed E-state index contributed by atoms with van der Waals surface area (Å²) in [6, 6.07) is 2.16. The Morgan fingerprint density at radius 3 is 3.05 bits per heavy atom. The van der Waals surface area contributed by atoms with Crippen molar-refractivity contribution in [3.8, 4) is 11.8 Å². The lowest BCUT2D eigenvalue weighted by molar-refractivity contribution is 0.0911. The zero-order valence-electron chi connectivity index (χ0n) is 11.2. The van der Waals surface area contributed by atoms with Crippen molar-refractivity contribution >= 4 is 17.2 Å². The molecular weight excluding hydrogens is 256 g/mol. The highest BCUT2D eigenvalue weighted by molar-refractivity contribution is 7.10. The molecule has 2 rings (SSSR count). The van der Waals surface area contributed by atoms with Crippen LogP contribution in [0, 0.1) is 17.8 Å². The van der Waals surface area contributed by atoms with Gasteiger partial charge < -0.3 is 11.1 Å². The average molecular weight is 276 g/mol. The molecule has 1 aliphatic carbocycles. The van der Waals surface area contributed by atoms with Gasteiger partial charge in [-0.15, -0.1) is 11.3 Å². The highest BCUT2D eigenvalue weighted by Gasteiger charge is 2.23. The minimum Gasteiger partial charge on any atom is -0.349 e. The second-order valence-electron chi connectivity index (χ2n) is 5.05. The van der Waals surface area contributed by atoms with Gasteiger partial charge in [-0.05, 0) is 24.8 Å².